The number of hydrogen-bond acceptors (Lipinski definition) is 5. The fourth-order valence-electron chi connectivity index (χ4n) is 2.60. The quantitative estimate of drug-likeness (QED) is 0.545. The smallest absolute Gasteiger partial charge is 0.318 e. The second-order valence-corrected chi connectivity index (χ2v) is 6.11. The number of benzene rings is 1. The van der Waals surface area contributed by atoms with Crippen molar-refractivity contribution < 1.29 is 9.72 Å². The topological polar surface area (TPSA) is 108 Å². The minimum atomic E-state index is -0.620. The second kappa shape index (κ2) is 6.96. The lowest BCUT2D eigenvalue weighted by Gasteiger charge is -2.03. The van der Waals surface area contributed by atoms with Crippen molar-refractivity contribution in [2.24, 2.45) is 7.05 Å². The molecule has 26 heavy (non-hydrogen) atoms. The maximum Gasteiger partial charge on any atom is 0.322 e. The first-order valence-corrected chi connectivity index (χ1v) is 7.99. The van der Waals surface area contributed by atoms with Crippen LogP contribution in [0.3, 0.4) is 0 Å². The zero-order chi connectivity index (χ0) is 18.8. The van der Waals surface area contributed by atoms with Gasteiger partial charge in [0.25, 0.3) is 5.91 Å². The number of aryl methyl sites for hydroxylation is 2. The van der Waals surface area contributed by atoms with Gasteiger partial charge in [-0.2, -0.15) is 10.2 Å². The molecule has 9 nitrogen and oxygen atoms in total. The zero-order valence-corrected chi connectivity index (χ0v) is 14.8. The molecule has 1 N–H and O–H groups in total. The van der Waals surface area contributed by atoms with E-state index in [4.69, 9.17) is 11.6 Å². The Kier molecular flexibility index (Phi) is 4.72. The lowest BCUT2D eigenvalue weighted by atomic mass is 10.2. The number of nitrogens with zero attached hydrogens (tertiary/aromatic N) is 5. The summed E-state index contributed by atoms with van der Waals surface area (Å²) in [6, 6.07) is 7.33. The van der Waals surface area contributed by atoms with Crippen LogP contribution in [0.25, 0.3) is 0 Å². The number of halogens is 1. The van der Waals surface area contributed by atoms with Gasteiger partial charge in [-0.1, -0.05) is 23.7 Å². The summed E-state index contributed by atoms with van der Waals surface area (Å²) in [7, 11) is 1.48. The highest BCUT2D eigenvalue weighted by Gasteiger charge is 2.29. The third kappa shape index (κ3) is 3.57. The molecule has 0 bridgehead atoms. The molecule has 134 valence electrons. The molecule has 0 aliphatic heterocycles. The molecule has 1 aromatic carbocycles. The van der Waals surface area contributed by atoms with E-state index < -0.39 is 10.8 Å². The Morgan fingerprint density at radius 3 is 2.69 bits per heavy atom. The van der Waals surface area contributed by atoms with Gasteiger partial charge in [-0.3, -0.25) is 24.3 Å². The molecule has 0 radical (unpaired) electrons. The fourth-order valence-corrected chi connectivity index (χ4v) is 2.73. The van der Waals surface area contributed by atoms with E-state index in [9.17, 15) is 14.9 Å². The monoisotopic (exact) mass is 374 g/mol. The van der Waals surface area contributed by atoms with Crippen LogP contribution in [0.1, 0.15) is 21.7 Å². The number of nitrogens with one attached hydrogen (secondary N) is 1. The van der Waals surface area contributed by atoms with Crippen molar-refractivity contribution in [3.8, 4) is 0 Å². The van der Waals surface area contributed by atoms with Gasteiger partial charge in [0, 0.05) is 18.3 Å². The molecule has 0 saturated carbocycles. The Morgan fingerprint density at radius 2 is 2.04 bits per heavy atom. The third-order valence-corrected chi connectivity index (χ3v) is 3.99. The Balaban J connectivity index is 1.76. The first kappa shape index (κ1) is 17.6. The van der Waals surface area contributed by atoms with Crippen LogP contribution < -0.4 is 5.32 Å². The Labute approximate surface area is 153 Å². The molecule has 0 spiro atoms. The summed E-state index contributed by atoms with van der Waals surface area (Å²) < 4.78 is 2.84. The SMILES string of the molecule is Cc1nn(C)c(C(=O)Nc2cnn(Cc3ccc(Cl)cc3)c2)c1[N+](=O)[O-]. The first-order valence-electron chi connectivity index (χ1n) is 7.61. The number of hydrogen-bond donors (Lipinski definition) is 1. The highest BCUT2D eigenvalue weighted by Crippen LogP contribution is 2.23. The van der Waals surface area contributed by atoms with Crippen molar-refractivity contribution in [2.75, 3.05) is 5.32 Å². The summed E-state index contributed by atoms with van der Waals surface area (Å²) in [4.78, 5) is 23.0. The van der Waals surface area contributed by atoms with Crippen LogP contribution >= 0.6 is 11.6 Å². The highest BCUT2D eigenvalue weighted by molar-refractivity contribution is 6.30. The van der Waals surface area contributed by atoms with Gasteiger partial charge in [-0.25, -0.2) is 0 Å². The average molecular weight is 375 g/mol. The maximum absolute atomic E-state index is 12.5. The Morgan fingerprint density at radius 1 is 1.35 bits per heavy atom. The van der Waals surface area contributed by atoms with E-state index in [0.717, 1.165) is 5.56 Å². The number of carbonyl (C=O) groups is 1. The van der Waals surface area contributed by atoms with Gasteiger partial charge in [0.1, 0.15) is 5.69 Å². The van der Waals surface area contributed by atoms with Crippen LogP contribution in [0, 0.1) is 17.0 Å². The summed E-state index contributed by atoms with van der Waals surface area (Å²) in [6.45, 7) is 1.98. The fraction of sp³-hybridized carbons (Fsp3) is 0.188. The van der Waals surface area contributed by atoms with E-state index in [-0.39, 0.29) is 17.1 Å². The number of rotatable bonds is 5. The van der Waals surface area contributed by atoms with E-state index >= 15 is 0 Å². The van der Waals surface area contributed by atoms with Crippen LogP contribution in [0.4, 0.5) is 11.4 Å². The van der Waals surface area contributed by atoms with Gasteiger partial charge in [0.2, 0.25) is 5.69 Å². The second-order valence-electron chi connectivity index (χ2n) is 5.67. The molecule has 0 aliphatic carbocycles. The van der Waals surface area contributed by atoms with Crippen LogP contribution in [0.5, 0.6) is 0 Å². The molecule has 0 unspecified atom stereocenters. The molecular formula is C16H15ClN6O3. The van der Waals surface area contributed by atoms with Gasteiger partial charge in [0.15, 0.2) is 0 Å². The molecule has 3 rings (SSSR count). The summed E-state index contributed by atoms with van der Waals surface area (Å²) in [5, 5.41) is 22.6. The largest absolute Gasteiger partial charge is 0.322 e. The maximum atomic E-state index is 12.5. The Hall–Kier alpha value is -3.20. The van der Waals surface area contributed by atoms with Gasteiger partial charge < -0.3 is 5.32 Å². The number of nitro groups is 1. The van der Waals surface area contributed by atoms with Crippen molar-refractivity contribution in [2.45, 2.75) is 13.5 Å². The summed E-state index contributed by atoms with van der Waals surface area (Å²) in [5.74, 6) is -0.620. The average Bonchev–Trinajstić information content (AvgIpc) is 3.12. The molecule has 2 heterocycles. The molecule has 3 aromatic rings. The number of aromatic nitrogens is 4. The standard InChI is InChI=1S/C16H15ClN6O3/c1-10-14(23(25)26)15(21(2)20-10)16(24)19-13-7-18-22(9-13)8-11-3-5-12(17)6-4-11/h3-7,9H,8H2,1-2H3,(H,19,24). The predicted molar refractivity (Wildman–Crippen MR) is 95.3 cm³/mol. The van der Waals surface area contributed by atoms with Crippen molar-refractivity contribution in [3.63, 3.8) is 0 Å². The van der Waals surface area contributed by atoms with Crippen molar-refractivity contribution in [3.05, 3.63) is 68.7 Å². The van der Waals surface area contributed by atoms with Gasteiger partial charge in [-0.05, 0) is 24.6 Å². The van der Waals surface area contributed by atoms with E-state index in [2.05, 4.69) is 15.5 Å². The highest BCUT2D eigenvalue weighted by atomic mass is 35.5. The third-order valence-electron chi connectivity index (χ3n) is 3.74. The van der Waals surface area contributed by atoms with Crippen LogP contribution in [0.15, 0.2) is 36.7 Å². The molecule has 0 aliphatic rings. The van der Waals surface area contributed by atoms with Crippen LogP contribution in [-0.2, 0) is 13.6 Å². The van der Waals surface area contributed by atoms with E-state index in [1.54, 1.807) is 23.0 Å². The number of anilines is 1. The van der Waals surface area contributed by atoms with Gasteiger partial charge in [0.05, 0.1) is 23.4 Å². The molecule has 0 atom stereocenters. The summed E-state index contributed by atoms with van der Waals surface area (Å²) in [6.07, 6.45) is 3.12. The van der Waals surface area contributed by atoms with Gasteiger partial charge in [-0.15, -0.1) is 0 Å². The number of amides is 1. The molecule has 2 aromatic heterocycles. The van der Waals surface area contributed by atoms with Gasteiger partial charge >= 0.3 is 5.69 Å². The van der Waals surface area contributed by atoms with Crippen molar-refractivity contribution in [1.29, 1.82) is 0 Å². The normalized spacial score (nSPS) is 10.7. The summed E-state index contributed by atoms with van der Waals surface area (Å²) >= 11 is 5.86. The Bertz CT molecular complexity index is 977. The first-order chi connectivity index (χ1) is 12.3. The van der Waals surface area contributed by atoms with Crippen molar-refractivity contribution >= 4 is 28.9 Å². The van der Waals surface area contributed by atoms with Crippen LogP contribution in [-0.4, -0.2) is 30.4 Å². The molecule has 0 saturated heterocycles. The minimum absolute atomic E-state index is 0.113. The number of carbonyl (C=O) groups excluding carboxylic acids is 1. The van der Waals surface area contributed by atoms with Crippen molar-refractivity contribution in [1.82, 2.24) is 19.6 Å². The lowest BCUT2D eigenvalue weighted by molar-refractivity contribution is -0.385. The molecule has 10 heteroatoms. The lowest BCUT2D eigenvalue weighted by Crippen LogP contribution is -2.17. The van der Waals surface area contributed by atoms with E-state index in [1.807, 2.05) is 12.1 Å². The zero-order valence-electron chi connectivity index (χ0n) is 14.0. The summed E-state index contributed by atoms with van der Waals surface area (Å²) in [5.41, 5.74) is 1.18. The molecule has 1 amide bonds. The van der Waals surface area contributed by atoms with E-state index in [1.165, 1.54) is 24.9 Å². The predicted octanol–water partition coefficient (Wildman–Crippen LogP) is 2.79. The molecular weight excluding hydrogens is 360 g/mol. The van der Waals surface area contributed by atoms with E-state index in [0.29, 0.717) is 17.3 Å². The molecule has 0 fully saturated rings. The van der Waals surface area contributed by atoms with Crippen LogP contribution in [0.2, 0.25) is 5.02 Å². The minimum Gasteiger partial charge on any atom is -0.318 e.